The van der Waals surface area contributed by atoms with Crippen molar-refractivity contribution in [1.82, 2.24) is 20.4 Å². The van der Waals surface area contributed by atoms with Gasteiger partial charge in [0.1, 0.15) is 12.6 Å². The van der Waals surface area contributed by atoms with E-state index >= 15 is 0 Å². The monoisotopic (exact) mass is 474 g/mol. The molecule has 1 heterocycles. The number of nitrogens with one attached hydrogen (secondary N) is 1. The van der Waals surface area contributed by atoms with Gasteiger partial charge in [-0.2, -0.15) is 10.2 Å². The van der Waals surface area contributed by atoms with Gasteiger partial charge in [-0.1, -0.05) is 48.5 Å². The minimum Gasteiger partial charge on any atom is -0.481 e. The van der Waals surface area contributed by atoms with E-state index < -0.39 is 30.4 Å². The summed E-state index contributed by atoms with van der Waals surface area (Å²) in [5, 5.41) is 19.7. The van der Waals surface area contributed by atoms with Gasteiger partial charge >= 0.3 is 12.1 Å². The van der Waals surface area contributed by atoms with Gasteiger partial charge in [-0.05, 0) is 41.3 Å². The number of carboxylic acids is 1. The first-order valence-corrected chi connectivity index (χ1v) is 11.2. The number of likely N-dealkylation sites (N-methyl/N-ethyl adjacent to an activating group) is 1. The van der Waals surface area contributed by atoms with Crippen molar-refractivity contribution < 1.29 is 24.2 Å². The summed E-state index contributed by atoms with van der Waals surface area (Å²) in [5.74, 6) is -1.93. The number of fused-ring (bicyclic) bond motifs is 3. The van der Waals surface area contributed by atoms with Gasteiger partial charge in [-0.25, -0.2) is 4.79 Å². The first kappa shape index (κ1) is 23.9. The van der Waals surface area contributed by atoms with Gasteiger partial charge < -0.3 is 20.1 Å². The standard InChI is InChI=1S/C26H26N4O5/c1-16-11-12-17(29-28-16)14-30(2)25(33)23(13-24(31)32)27-26(34)35-15-22-20-9-5-3-7-18(20)19-8-4-6-10-21(19)22/h3-12,22-23H,13-15H2,1-2H3,(H,27,34)(H,31,32). The molecule has 0 spiro atoms. The molecule has 35 heavy (non-hydrogen) atoms. The van der Waals surface area contributed by atoms with Gasteiger partial charge in [-0.15, -0.1) is 0 Å². The van der Waals surface area contributed by atoms with Crippen molar-refractivity contribution in [3.05, 3.63) is 83.2 Å². The molecule has 0 fully saturated rings. The molecule has 1 aliphatic carbocycles. The Morgan fingerprint density at radius 2 is 1.63 bits per heavy atom. The number of benzene rings is 2. The van der Waals surface area contributed by atoms with Crippen LogP contribution >= 0.6 is 0 Å². The van der Waals surface area contributed by atoms with E-state index in [1.54, 1.807) is 19.1 Å². The Morgan fingerprint density at radius 3 is 2.20 bits per heavy atom. The van der Waals surface area contributed by atoms with E-state index in [9.17, 15) is 19.5 Å². The minimum absolute atomic E-state index is 0.0582. The summed E-state index contributed by atoms with van der Waals surface area (Å²) in [6.45, 7) is 1.98. The molecule has 2 aromatic carbocycles. The molecule has 9 nitrogen and oxygen atoms in total. The van der Waals surface area contributed by atoms with Crippen molar-refractivity contribution in [1.29, 1.82) is 0 Å². The van der Waals surface area contributed by atoms with E-state index in [2.05, 4.69) is 15.5 Å². The van der Waals surface area contributed by atoms with Crippen LogP contribution in [0.3, 0.4) is 0 Å². The molecular formula is C26H26N4O5. The summed E-state index contributed by atoms with van der Waals surface area (Å²) in [4.78, 5) is 38.2. The van der Waals surface area contributed by atoms with Crippen LogP contribution in [0.25, 0.3) is 11.1 Å². The summed E-state index contributed by atoms with van der Waals surface area (Å²) in [5.41, 5.74) is 5.58. The lowest BCUT2D eigenvalue weighted by molar-refractivity contribution is -0.142. The molecule has 1 unspecified atom stereocenters. The lowest BCUT2D eigenvalue weighted by atomic mass is 9.98. The van der Waals surface area contributed by atoms with Crippen molar-refractivity contribution in [3.63, 3.8) is 0 Å². The molecule has 0 bridgehead atoms. The summed E-state index contributed by atoms with van der Waals surface area (Å²) in [7, 11) is 1.51. The number of hydrogen-bond acceptors (Lipinski definition) is 6. The normalized spacial score (nSPS) is 12.9. The SMILES string of the molecule is Cc1ccc(CN(C)C(=O)C(CC(=O)O)NC(=O)OCC2c3ccccc3-c3ccccc32)nn1. The number of alkyl carbamates (subject to hydrolysis) is 1. The second-order valence-corrected chi connectivity index (χ2v) is 8.48. The van der Waals surface area contributed by atoms with Crippen molar-refractivity contribution in [2.24, 2.45) is 0 Å². The fourth-order valence-corrected chi connectivity index (χ4v) is 4.25. The Bertz CT molecular complexity index is 1200. The first-order valence-electron chi connectivity index (χ1n) is 11.2. The zero-order valence-electron chi connectivity index (χ0n) is 19.5. The van der Waals surface area contributed by atoms with Crippen molar-refractivity contribution in [2.75, 3.05) is 13.7 Å². The molecule has 1 aromatic heterocycles. The van der Waals surface area contributed by atoms with E-state index in [4.69, 9.17) is 4.74 Å². The summed E-state index contributed by atoms with van der Waals surface area (Å²) < 4.78 is 5.48. The van der Waals surface area contributed by atoms with E-state index in [0.29, 0.717) is 5.69 Å². The zero-order valence-corrected chi connectivity index (χ0v) is 19.5. The van der Waals surface area contributed by atoms with Crippen LogP contribution < -0.4 is 5.32 Å². The topological polar surface area (TPSA) is 122 Å². The van der Waals surface area contributed by atoms with E-state index in [1.807, 2.05) is 48.5 Å². The Balaban J connectivity index is 1.41. The number of nitrogens with zero attached hydrogens (tertiary/aromatic N) is 3. The number of carbonyl (C=O) groups is 3. The van der Waals surface area contributed by atoms with Gasteiger partial charge in [0.15, 0.2) is 0 Å². The van der Waals surface area contributed by atoms with E-state index in [0.717, 1.165) is 27.9 Å². The lowest BCUT2D eigenvalue weighted by Crippen LogP contribution is -2.48. The summed E-state index contributed by atoms with van der Waals surface area (Å²) in [6, 6.07) is 18.1. The third-order valence-electron chi connectivity index (χ3n) is 5.94. The average Bonchev–Trinajstić information content (AvgIpc) is 3.16. The molecule has 180 valence electrons. The van der Waals surface area contributed by atoms with Crippen LogP contribution in [0.5, 0.6) is 0 Å². The highest BCUT2D eigenvalue weighted by atomic mass is 16.5. The number of aryl methyl sites for hydroxylation is 1. The number of carbonyl (C=O) groups excluding carboxylic acids is 2. The summed E-state index contributed by atoms with van der Waals surface area (Å²) >= 11 is 0. The van der Waals surface area contributed by atoms with E-state index in [-0.39, 0.29) is 19.1 Å². The first-order chi connectivity index (χ1) is 16.8. The highest BCUT2D eigenvalue weighted by molar-refractivity contribution is 5.89. The Hall–Kier alpha value is -4.27. The quantitative estimate of drug-likeness (QED) is 0.514. The minimum atomic E-state index is -1.29. The maximum atomic E-state index is 12.9. The molecule has 0 aliphatic heterocycles. The smallest absolute Gasteiger partial charge is 0.407 e. The van der Waals surface area contributed by atoms with Crippen molar-refractivity contribution in [2.45, 2.75) is 31.8 Å². The zero-order chi connectivity index (χ0) is 24.9. The Kier molecular flexibility index (Phi) is 7.05. The number of aliphatic carboxylic acids is 1. The Morgan fingerprint density at radius 1 is 1.00 bits per heavy atom. The second kappa shape index (κ2) is 10.3. The van der Waals surface area contributed by atoms with Gasteiger partial charge in [0.2, 0.25) is 5.91 Å². The second-order valence-electron chi connectivity index (χ2n) is 8.48. The predicted molar refractivity (Wildman–Crippen MR) is 127 cm³/mol. The van der Waals surface area contributed by atoms with Crippen LogP contribution in [0.1, 0.15) is 34.9 Å². The fourth-order valence-electron chi connectivity index (χ4n) is 4.25. The molecule has 2 N–H and O–H groups in total. The highest BCUT2D eigenvalue weighted by Crippen LogP contribution is 2.44. The number of hydrogen-bond donors (Lipinski definition) is 2. The number of amides is 2. The number of rotatable bonds is 8. The molecule has 0 saturated carbocycles. The number of aromatic nitrogens is 2. The third kappa shape index (κ3) is 5.46. The summed E-state index contributed by atoms with van der Waals surface area (Å²) in [6.07, 6.45) is -1.43. The maximum absolute atomic E-state index is 12.9. The molecule has 1 aliphatic rings. The average molecular weight is 475 g/mol. The maximum Gasteiger partial charge on any atom is 0.407 e. The van der Waals surface area contributed by atoms with Gasteiger partial charge in [0.05, 0.1) is 24.4 Å². The van der Waals surface area contributed by atoms with Crippen LogP contribution in [0.2, 0.25) is 0 Å². The van der Waals surface area contributed by atoms with Crippen molar-refractivity contribution >= 4 is 18.0 Å². The third-order valence-corrected chi connectivity index (χ3v) is 5.94. The molecule has 0 saturated heterocycles. The van der Waals surface area contributed by atoms with Crippen LogP contribution in [0.4, 0.5) is 4.79 Å². The van der Waals surface area contributed by atoms with Gasteiger partial charge in [0, 0.05) is 13.0 Å². The predicted octanol–water partition coefficient (Wildman–Crippen LogP) is 3.13. The van der Waals surface area contributed by atoms with Crippen LogP contribution in [0, 0.1) is 6.92 Å². The van der Waals surface area contributed by atoms with Crippen LogP contribution in [-0.4, -0.2) is 57.9 Å². The number of ether oxygens (including phenoxy) is 1. The fraction of sp³-hybridized carbons (Fsp3) is 0.269. The Labute approximate surface area is 202 Å². The molecular weight excluding hydrogens is 448 g/mol. The molecule has 4 rings (SSSR count). The lowest BCUT2D eigenvalue weighted by Gasteiger charge is -2.23. The largest absolute Gasteiger partial charge is 0.481 e. The molecule has 2 amide bonds. The van der Waals surface area contributed by atoms with Crippen LogP contribution in [-0.2, 0) is 20.9 Å². The molecule has 3 aromatic rings. The van der Waals surface area contributed by atoms with Gasteiger partial charge in [-0.3, -0.25) is 9.59 Å². The molecule has 1 atom stereocenters. The molecule has 0 radical (unpaired) electrons. The molecule has 9 heteroatoms. The van der Waals surface area contributed by atoms with Crippen LogP contribution in [0.15, 0.2) is 60.7 Å². The van der Waals surface area contributed by atoms with Crippen molar-refractivity contribution in [3.8, 4) is 11.1 Å². The van der Waals surface area contributed by atoms with Gasteiger partial charge in [0.25, 0.3) is 0 Å². The van der Waals surface area contributed by atoms with E-state index in [1.165, 1.54) is 11.9 Å². The number of carboxylic acid groups (broad SMARTS) is 1. The highest BCUT2D eigenvalue weighted by Gasteiger charge is 2.31.